The van der Waals surface area contributed by atoms with Crippen LogP contribution in [-0.2, 0) is 0 Å². The van der Waals surface area contributed by atoms with Gasteiger partial charge in [0.25, 0.3) is 5.91 Å². The van der Waals surface area contributed by atoms with Crippen molar-refractivity contribution < 1.29 is 9.18 Å². The first-order valence-corrected chi connectivity index (χ1v) is 6.95. The number of rotatable bonds is 2. The first-order valence-electron chi connectivity index (χ1n) is 5.78. The molecular weight excluding hydrogens is 334 g/mol. The molecule has 0 saturated carbocycles. The lowest BCUT2D eigenvalue weighted by Gasteiger charge is -2.10. The summed E-state index contributed by atoms with van der Waals surface area (Å²) >= 11 is 16.6. The number of carbonyl (C=O) groups excluding carboxylic acids is 1. The van der Waals surface area contributed by atoms with Crippen molar-refractivity contribution in [1.82, 2.24) is 5.32 Å². The lowest BCUT2D eigenvalue weighted by molar-refractivity contribution is 0.0978. The number of halogens is 3. The summed E-state index contributed by atoms with van der Waals surface area (Å²) in [6.45, 7) is 0. The molecule has 0 spiro atoms. The summed E-state index contributed by atoms with van der Waals surface area (Å²) in [5.41, 5.74) is 0.752. The zero-order chi connectivity index (χ0) is 15.4. The summed E-state index contributed by atoms with van der Waals surface area (Å²) in [4.78, 5) is 12.0. The van der Waals surface area contributed by atoms with Gasteiger partial charge in [0.15, 0.2) is 5.11 Å². The number of thiocarbonyl (C=S) groups is 1. The van der Waals surface area contributed by atoms with Gasteiger partial charge in [0.05, 0.1) is 10.0 Å². The highest BCUT2D eigenvalue weighted by atomic mass is 35.5. The number of hydrogen-bond acceptors (Lipinski definition) is 2. The van der Waals surface area contributed by atoms with E-state index in [1.165, 1.54) is 36.4 Å². The highest BCUT2D eigenvalue weighted by molar-refractivity contribution is 7.80. The predicted octanol–water partition coefficient (Wildman–Crippen LogP) is 4.26. The molecule has 1 amide bonds. The zero-order valence-electron chi connectivity index (χ0n) is 10.5. The predicted molar refractivity (Wildman–Crippen MR) is 86.5 cm³/mol. The molecular formula is C14H9Cl2FN2OS. The maximum absolute atomic E-state index is 13.0. The molecule has 0 aromatic heterocycles. The van der Waals surface area contributed by atoms with Crippen LogP contribution in [0.3, 0.4) is 0 Å². The van der Waals surface area contributed by atoms with Gasteiger partial charge >= 0.3 is 0 Å². The molecule has 0 unspecified atom stereocenters. The van der Waals surface area contributed by atoms with Crippen LogP contribution < -0.4 is 10.6 Å². The van der Waals surface area contributed by atoms with Crippen LogP contribution in [0.5, 0.6) is 0 Å². The molecule has 108 valence electrons. The fourth-order valence-electron chi connectivity index (χ4n) is 1.54. The van der Waals surface area contributed by atoms with E-state index in [1.807, 2.05) is 0 Å². The Balaban J connectivity index is 2.02. The smallest absolute Gasteiger partial charge is 0.257 e. The average Bonchev–Trinajstić information content (AvgIpc) is 2.41. The van der Waals surface area contributed by atoms with Crippen LogP contribution >= 0.6 is 35.4 Å². The topological polar surface area (TPSA) is 41.1 Å². The first kappa shape index (κ1) is 15.7. The highest BCUT2D eigenvalue weighted by Gasteiger charge is 2.10. The molecule has 0 heterocycles. The number of carbonyl (C=O) groups is 1. The minimum absolute atomic E-state index is 0.0525. The van der Waals surface area contributed by atoms with Crippen LogP contribution in [0, 0.1) is 5.82 Å². The minimum atomic E-state index is -0.442. The molecule has 0 aliphatic heterocycles. The van der Waals surface area contributed by atoms with E-state index in [4.69, 9.17) is 35.4 Å². The molecule has 0 bridgehead atoms. The fourth-order valence-corrected chi connectivity index (χ4v) is 2.05. The molecule has 0 aliphatic rings. The number of benzene rings is 2. The standard InChI is InChI=1S/C14H9Cl2FN2OS/c15-11-5-4-8(6-12(11)16)13(20)19-14(21)18-10-3-1-2-9(17)7-10/h1-7H,(H2,18,19,20,21). The van der Waals surface area contributed by atoms with Gasteiger partial charge in [-0.3, -0.25) is 10.1 Å². The largest absolute Gasteiger partial charge is 0.332 e. The summed E-state index contributed by atoms with van der Waals surface area (Å²) < 4.78 is 13.0. The molecule has 0 radical (unpaired) electrons. The van der Waals surface area contributed by atoms with Gasteiger partial charge in [0, 0.05) is 11.3 Å². The molecule has 7 heteroatoms. The zero-order valence-corrected chi connectivity index (χ0v) is 12.8. The maximum Gasteiger partial charge on any atom is 0.257 e. The first-order chi connectivity index (χ1) is 9.95. The summed E-state index contributed by atoms with van der Waals surface area (Å²) in [7, 11) is 0. The van der Waals surface area contributed by atoms with Gasteiger partial charge in [-0.25, -0.2) is 4.39 Å². The van der Waals surface area contributed by atoms with E-state index < -0.39 is 11.7 Å². The highest BCUT2D eigenvalue weighted by Crippen LogP contribution is 2.22. The molecule has 0 atom stereocenters. The molecule has 21 heavy (non-hydrogen) atoms. The van der Waals surface area contributed by atoms with Crippen LogP contribution in [0.2, 0.25) is 10.0 Å². The van der Waals surface area contributed by atoms with E-state index in [1.54, 1.807) is 6.07 Å². The molecule has 0 aliphatic carbocycles. The van der Waals surface area contributed by atoms with E-state index in [0.717, 1.165) is 0 Å². The quantitative estimate of drug-likeness (QED) is 0.801. The lowest BCUT2D eigenvalue weighted by Crippen LogP contribution is -2.34. The number of amides is 1. The van der Waals surface area contributed by atoms with Crippen molar-refractivity contribution >= 4 is 52.1 Å². The van der Waals surface area contributed by atoms with Gasteiger partial charge in [-0.05, 0) is 48.6 Å². The molecule has 3 nitrogen and oxygen atoms in total. The normalized spacial score (nSPS) is 10.0. The SMILES string of the molecule is O=C(NC(=S)Nc1cccc(F)c1)c1ccc(Cl)c(Cl)c1. The van der Waals surface area contributed by atoms with Crippen LogP contribution in [0.4, 0.5) is 10.1 Å². The maximum atomic E-state index is 13.0. The summed E-state index contributed by atoms with van der Waals surface area (Å²) in [5.74, 6) is -0.846. The van der Waals surface area contributed by atoms with E-state index in [2.05, 4.69) is 10.6 Å². The van der Waals surface area contributed by atoms with Gasteiger partial charge < -0.3 is 5.32 Å². The van der Waals surface area contributed by atoms with Crippen LogP contribution in [0.15, 0.2) is 42.5 Å². The molecule has 2 aromatic rings. The Kier molecular flexibility index (Phi) is 5.12. The molecule has 0 saturated heterocycles. The Bertz CT molecular complexity index is 709. The second-order valence-corrected chi connectivity index (χ2v) is 5.27. The van der Waals surface area contributed by atoms with Gasteiger partial charge in [-0.2, -0.15) is 0 Å². The summed E-state index contributed by atoms with van der Waals surface area (Å²) in [6, 6.07) is 10.2. The van der Waals surface area contributed by atoms with Crippen molar-refractivity contribution in [2.45, 2.75) is 0 Å². The van der Waals surface area contributed by atoms with E-state index in [0.29, 0.717) is 16.3 Å². The van der Waals surface area contributed by atoms with Crippen molar-refractivity contribution in [2.75, 3.05) is 5.32 Å². The number of hydrogen-bond donors (Lipinski definition) is 2. The summed E-state index contributed by atoms with van der Waals surface area (Å²) in [5, 5.41) is 5.86. The van der Waals surface area contributed by atoms with E-state index in [-0.39, 0.29) is 10.1 Å². The van der Waals surface area contributed by atoms with Crippen molar-refractivity contribution in [2.24, 2.45) is 0 Å². The Labute approximate surface area is 136 Å². The third kappa shape index (κ3) is 4.39. The van der Waals surface area contributed by atoms with Crippen molar-refractivity contribution in [3.05, 3.63) is 63.9 Å². The summed E-state index contributed by atoms with van der Waals surface area (Å²) in [6.07, 6.45) is 0. The third-order valence-electron chi connectivity index (χ3n) is 2.49. The van der Waals surface area contributed by atoms with Crippen LogP contribution in [0.25, 0.3) is 0 Å². The Morgan fingerprint density at radius 1 is 1.10 bits per heavy atom. The lowest BCUT2D eigenvalue weighted by atomic mass is 10.2. The average molecular weight is 343 g/mol. The Hall–Kier alpha value is -1.69. The van der Waals surface area contributed by atoms with Gasteiger partial charge in [-0.15, -0.1) is 0 Å². The van der Waals surface area contributed by atoms with Gasteiger partial charge in [0.1, 0.15) is 5.82 Å². The second-order valence-electron chi connectivity index (χ2n) is 4.05. The monoisotopic (exact) mass is 342 g/mol. The van der Waals surface area contributed by atoms with Gasteiger partial charge in [-0.1, -0.05) is 29.3 Å². The Morgan fingerprint density at radius 2 is 1.86 bits per heavy atom. The molecule has 0 fully saturated rings. The van der Waals surface area contributed by atoms with E-state index >= 15 is 0 Å². The fraction of sp³-hybridized carbons (Fsp3) is 0. The van der Waals surface area contributed by atoms with Crippen LogP contribution in [0.1, 0.15) is 10.4 Å². The van der Waals surface area contributed by atoms with Gasteiger partial charge in [0.2, 0.25) is 0 Å². The number of nitrogens with one attached hydrogen (secondary N) is 2. The third-order valence-corrected chi connectivity index (χ3v) is 3.43. The molecule has 2 rings (SSSR count). The molecule has 2 aromatic carbocycles. The van der Waals surface area contributed by atoms with Crippen molar-refractivity contribution in [3.8, 4) is 0 Å². The minimum Gasteiger partial charge on any atom is -0.332 e. The Morgan fingerprint density at radius 3 is 2.52 bits per heavy atom. The van der Waals surface area contributed by atoms with Crippen LogP contribution in [-0.4, -0.2) is 11.0 Å². The van der Waals surface area contributed by atoms with Crippen molar-refractivity contribution in [1.29, 1.82) is 0 Å². The van der Waals surface area contributed by atoms with E-state index in [9.17, 15) is 9.18 Å². The molecule has 2 N–H and O–H groups in total. The number of anilines is 1. The second kappa shape index (κ2) is 6.85. The van der Waals surface area contributed by atoms with Crippen molar-refractivity contribution in [3.63, 3.8) is 0 Å².